The maximum absolute atomic E-state index is 13.9. The zero-order valence-electron chi connectivity index (χ0n) is 26.3. The van der Waals surface area contributed by atoms with Gasteiger partial charge in [-0.15, -0.1) is 11.8 Å². The largest absolute Gasteiger partial charge is 0.468 e. The van der Waals surface area contributed by atoms with Gasteiger partial charge in [0.2, 0.25) is 15.6 Å². The van der Waals surface area contributed by atoms with E-state index in [1.54, 1.807) is 6.92 Å². The number of esters is 4. The molecule has 1 aromatic carbocycles. The van der Waals surface area contributed by atoms with E-state index in [0.717, 1.165) is 44.4 Å². The summed E-state index contributed by atoms with van der Waals surface area (Å²) in [6.07, 6.45) is 2.59. The maximum Gasteiger partial charge on any atom is 0.320 e. The first-order chi connectivity index (χ1) is 22.3. The van der Waals surface area contributed by atoms with E-state index in [-0.39, 0.29) is 31.7 Å². The first-order valence-corrected chi connectivity index (χ1v) is 17.2. The third-order valence-corrected chi connectivity index (χ3v) is 10.0. The van der Waals surface area contributed by atoms with Gasteiger partial charge in [-0.2, -0.15) is 0 Å². The highest BCUT2D eigenvalue weighted by atomic mass is 35.6. The summed E-state index contributed by atoms with van der Waals surface area (Å²) >= 11 is 18.6. The summed E-state index contributed by atoms with van der Waals surface area (Å²) in [5, 5.41) is 1.12. The number of benzene rings is 1. The molecule has 0 spiro atoms. The van der Waals surface area contributed by atoms with Gasteiger partial charge in [0.25, 0.3) is 0 Å². The number of β-lactam (4-membered cyclic amide) rings is 1. The molecule has 2 aliphatic heterocycles. The van der Waals surface area contributed by atoms with E-state index < -0.39 is 74.8 Å². The number of thioether (sulfide) groups is 1. The Morgan fingerprint density at radius 1 is 1.02 bits per heavy atom. The van der Waals surface area contributed by atoms with Crippen molar-refractivity contribution in [3.05, 3.63) is 35.9 Å². The van der Waals surface area contributed by atoms with Crippen molar-refractivity contribution in [3.8, 4) is 0 Å². The summed E-state index contributed by atoms with van der Waals surface area (Å²) in [5.74, 6) is -5.69. The van der Waals surface area contributed by atoms with Crippen molar-refractivity contribution in [2.24, 2.45) is 11.3 Å². The van der Waals surface area contributed by atoms with Gasteiger partial charge in [-0.25, -0.2) is 0 Å². The number of methoxy groups -OCH3 is 2. The van der Waals surface area contributed by atoms with Crippen LogP contribution in [0.2, 0.25) is 0 Å². The molecule has 4 atom stereocenters. The number of unbranched alkanes of at least 4 members (excludes halogenated alkanes) is 1. The first-order valence-electron chi connectivity index (χ1n) is 15.1. The molecule has 1 aromatic rings. The zero-order valence-corrected chi connectivity index (χ0v) is 29.4. The van der Waals surface area contributed by atoms with Crippen molar-refractivity contribution in [3.63, 3.8) is 0 Å². The molecule has 2 heterocycles. The van der Waals surface area contributed by atoms with E-state index in [0.29, 0.717) is 12.8 Å². The van der Waals surface area contributed by atoms with Crippen LogP contribution in [0.15, 0.2) is 30.3 Å². The molecular formula is C31H39Cl3N2O10S. The summed E-state index contributed by atoms with van der Waals surface area (Å²) in [6, 6.07) is 8.94. The first kappa shape index (κ1) is 38.7. The molecule has 3 unspecified atom stereocenters. The van der Waals surface area contributed by atoms with Gasteiger partial charge in [0.15, 0.2) is 5.92 Å². The topological polar surface area (TPSA) is 155 Å². The zero-order chi connectivity index (χ0) is 34.8. The normalized spacial score (nSPS) is 22.1. The van der Waals surface area contributed by atoms with Crippen molar-refractivity contribution in [1.29, 1.82) is 0 Å². The van der Waals surface area contributed by atoms with Crippen LogP contribution in [0.5, 0.6) is 0 Å². The summed E-state index contributed by atoms with van der Waals surface area (Å²) in [5.41, 5.74) is -0.640. The van der Waals surface area contributed by atoms with Crippen LogP contribution < -0.4 is 5.32 Å². The van der Waals surface area contributed by atoms with E-state index in [1.807, 2.05) is 30.3 Å². The van der Waals surface area contributed by atoms with Crippen LogP contribution in [-0.4, -0.2) is 95.0 Å². The number of amides is 2. The fourth-order valence-electron chi connectivity index (χ4n) is 5.42. The van der Waals surface area contributed by atoms with Crippen LogP contribution >= 0.6 is 46.6 Å². The molecule has 2 fully saturated rings. The number of alkyl halides is 3. The number of nitrogens with one attached hydrogen (secondary N) is 1. The Morgan fingerprint density at radius 2 is 1.68 bits per heavy atom. The summed E-state index contributed by atoms with van der Waals surface area (Å²) in [7, 11) is 2.19. The van der Waals surface area contributed by atoms with Crippen LogP contribution in [-0.2, 0) is 54.1 Å². The second-order valence-corrected chi connectivity index (χ2v) is 15.2. The smallest absolute Gasteiger partial charge is 0.320 e. The molecule has 0 saturated carbocycles. The maximum atomic E-state index is 13.9. The minimum absolute atomic E-state index is 0.0504. The van der Waals surface area contributed by atoms with Crippen LogP contribution in [0.3, 0.4) is 0 Å². The Kier molecular flexibility index (Phi) is 14.5. The molecule has 0 aliphatic carbocycles. The number of nitrogens with zero attached hydrogens (tertiary/aromatic N) is 1. The lowest BCUT2D eigenvalue weighted by atomic mass is 9.78. The molecule has 260 valence electrons. The number of hydrogen-bond acceptors (Lipinski definition) is 11. The van der Waals surface area contributed by atoms with Crippen molar-refractivity contribution >= 4 is 82.3 Å². The molecule has 0 bridgehead atoms. The van der Waals surface area contributed by atoms with Gasteiger partial charge in [-0.3, -0.25) is 28.8 Å². The molecule has 16 heteroatoms. The van der Waals surface area contributed by atoms with Crippen LogP contribution in [0.1, 0.15) is 51.0 Å². The molecular weight excluding hydrogens is 699 g/mol. The second kappa shape index (κ2) is 17.6. The van der Waals surface area contributed by atoms with Crippen LogP contribution in [0, 0.1) is 11.3 Å². The lowest BCUT2D eigenvalue weighted by Gasteiger charge is -2.57. The second-order valence-electron chi connectivity index (χ2n) is 11.3. The summed E-state index contributed by atoms with van der Waals surface area (Å²) in [4.78, 5) is 79.3. The molecule has 0 radical (unpaired) electrons. The summed E-state index contributed by atoms with van der Waals surface area (Å²) < 4.78 is 18.5. The highest BCUT2D eigenvalue weighted by Gasteiger charge is 2.63. The highest BCUT2D eigenvalue weighted by Crippen LogP contribution is 2.50. The van der Waals surface area contributed by atoms with Gasteiger partial charge in [0, 0.05) is 24.6 Å². The van der Waals surface area contributed by atoms with Crippen LogP contribution in [0.4, 0.5) is 0 Å². The number of rotatable bonds is 16. The predicted molar refractivity (Wildman–Crippen MR) is 174 cm³/mol. The van der Waals surface area contributed by atoms with Gasteiger partial charge in [0.1, 0.15) is 30.0 Å². The fourth-order valence-corrected chi connectivity index (χ4v) is 7.39. The molecule has 0 aromatic heterocycles. The molecule has 12 nitrogen and oxygen atoms in total. The van der Waals surface area contributed by atoms with Gasteiger partial charge in [-0.1, -0.05) is 72.1 Å². The molecule has 2 amide bonds. The third-order valence-electron chi connectivity index (χ3n) is 7.93. The standard InChI is InChI=1S/C31H39Cl3N2O10S/c1-4-10-23(38)45-17-30(29(42)46-18-31(32,33)34)16-36-25(39)24(35-22(37)14-9-8-13-19-11-6-5-7-12-19)26(36)47-21(30)15-20(27(40)43-2)28(41)44-3/h5-7,11-12,20-21,24,26H,4,8-10,13-18H2,1-3H3,(H,35,37)/t21?,24?,26-,30?/m1/s1. The number of carbonyl (C=O) groups excluding carboxylic acids is 6. The van der Waals surface area contributed by atoms with E-state index in [1.165, 1.54) is 4.90 Å². The van der Waals surface area contributed by atoms with Gasteiger partial charge >= 0.3 is 23.9 Å². The Morgan fingerprint density at radius 3 is 2.28 bits per heavy atom. The molecule has 2 saturated heterocycles. The van der Waals surface area contributed by atoms with E-state index in [9.17, 15) is 28.8 Å². The average Bonchev–Trinajstić information content (AvgIpc) is 3.05. The summed E-state index contributed by atoms with van der Waals surface area (Å²) in [6.45, 7) is 0.206. The number of halogens is 3. The molecule has 2 aliphatic rings. The average molecular weight is 738 g/mol. The van der Waals surface area contributed by atoms with Crippen LogP contribution in [0.25, 0.3) is 0 Å². The SMILES string of the molecule is CCCC(=O)OCC1(C(=O)OCC(Cl)(Cl)Cl)CN2C(=O)C(NC(=O)CCCCc3ccccc3)[C@H]2SC1CC(C(=O)OC)C(=O)OC. The van der Waals surface area contributed by atoms with E-state index >= 15 is 0 Å². The minimum Gasteiger partial charge on any atom is -0.468 e. The number of aryl methyl sites for hydroxylation is 1. The van der Waals surface area contributed by atoms with Crippen molar-refractivity contribution in [2.45, 2.75) is 72.3 Å². The monoisotopic (exact) mass is 736 g/mol. The Bertz CT molecular complexity index is 1280. The lowest BCUT2D eigenvalue weighted by molar-refractivity contribution is -0.174. The van der Waals surface area contributed by atoms with E-state index in [2.05, 4.69) is 5.32 Å². The van der Waals surface area contributed by atoms with Crippen molar-refractivity contribution in [2.75, 3.05) is 34.0 Å². The van der Waals surface area contributed by atoms with Crippen molar-refractivity contribution < 1.29 is 47.7 Å². The number of ether oxygens (including phenoxy) is 4. The van der Waals surface area contributed by atoms with Gasteiger partial charge in [-0.05, 0) is 37.7 Å². The van der Waals surface area contributed by atoms with Gasteiger partial charge in [0.05, 0.1) is 14.2 Å². The van der Waals surface area contributed by atoms with Crippen molar-refractivity contribution in [1.82, 2.24) is 10.2 Å². The minimum atomic E-state index is -1.99. The molecule has 3 rings (SSSR count). The molecule has 47 heavy (non-hydrogen) atoms. The Labute approximate surface area is 292 Å². The Balaban J connectivity index is 1.85. The number of hydrogen-bond donors (Lipinski definition) is 1. The van der Waals surface area contributed by atoms with Gasteiger partial charge < -0.3 is 29.2 Å². The Hall–Kier alpha value is -2.74. The highest BCUT2D eigenvalue weighted by molar-refractivity contribution is 8.00. The lowest BCUT2D eigenvalue weighted by Crippen LogP contribution is -2.75. The number of carbonyl (C=O) groups is 6. The fraction of sp³-hybridized carbons (Fsp3) is 0.613. The van der Waals surface area contributed by atoms with E-state index in [4.69, 9.17) is 53.8 Å². The quantitative estimate of drug-likeness (QED) is 0.0659. The third kappa shape index (κ3) is 10.4. The number of fused-ring (bicyclic) bond motifs is 1. The predicted octanol–water partition coefficient (Wildman–Crippen LogP) is 3.76. The molecule has 1 N–H and O–H groups in total.